The van der Waals surface area contributed by atoms with Crippen LogP contribution in [0, 0.1) is 0 Å². The second-order valence-electron chi connectivity index (χ2n) is 4.15. The molecular weight excluding hydrogens is 202 g/mol. The van der Waals surface area contributed by atoms with Crippen molar-refractivity contribution in [1.82, 2.24) is 5.32 Å². The molecule has 1 saturated heterocycles. The molecule has 3 nitrogen and oxygen atoms in total. The summed E-state index contributed by atoms with van der Waals surface area (Å²) in [4.78, 5) is 0. The first-order valence-corrected chi connectivity index (χ1v) is 5.95. The zero-order valence-electron chi connectivity index (χ0n) is 9.48. The van der Waals surface area contributed by atoms with Gasteiger partial charge in [0.25, 0.3) is 0 Å². The number of hydrogen-bond donors (Lipinski definition) is 2. The maximum absolute atomic E-state index is 8.79. The van der Waals surface area contributed by atoms with Crippen LogP contribution < -0.4 is 10.1 Å². The number of hydrogen-bond acceptors (Lipinski definition) is 3. The highest BCUT2D eigenvalue weighted by atomic mass is 16.5. The first-order chi connectivity index (χ1) is 7.92. The predicted molar refractivity (Wildman–Crippen MR) is 63.9 cm³/mol. The Balaban J connectivity index is 2.11. The summed E-state index contributed by atoms with van der Waals surface area (Å²) < 4.78 is 5.56. The number of ether oxygens (including phenoxy) is 1. The summed E-state index contributed by atoms with van der Waals surface area (Å²) >= 11 is 0. The van der Waals surface area contributed by atoms with E-state index in [4.69, 9.17) is 9.84 Å². The minimum absolute atomic E-state index is 0.0667. The molecule has 1 unspecified atom stereocenters. The van der Waals surface area contributed by atoms with Crippen LogP contribution in [-0.4, -0.2) is 31.4 Å². The van der Waals surface area contributed by atoms with E-state index in [0.29, 0.717) is 12.5 Å². The van der Waals surface area contributed by atoms with Crippen molar-refractivity contribution >= 4 is 0 Å². The minimum Gasteiger partial charge on any atom is -0.491 e. The van der Waals surface area contributed by atoms with Gasteiger partial charge in [-0.2, -0.15) is 0 Å². The van der Waals surface area contributed by atoms with Gasteiger partial charge in [-0.3, -0.25) is 0 Å². The fourth-order valence-corrected chi connectivity index (χ4v) is 2.22. The zero-order chi connectivity index (χ0) is 11.2. The first-order valence-electron chi connectivity index (χ1n) is 5.95. The van der Waals surface area contributed by atoms with Crippen molar-refractivity contribution in [1.29, 1.82) is 0 Å². The topological polar surface area (TPSA) is 41.5 Å². The fraction of sp³-hybridized carbons (Fsp3) is 0.538. The maximum Gasteiger partial charge on any atom is 0.122 e. The highest BCUT2D eigenvalue weighted by Crippen LogP contribution is 2.30. The van der Waals surface area contributed by atoms with Crippen molar-refractivity contribution in [3.8, 4) is 5.75 Å². The van der Waals surface area contributed by atoms with Crippen LogP contribution in [0.4, 0.5) is 0 Å². The number of aliphatic hydroxyl groups excluding tert-OH is 1. The molecule has 16 heavy (non-hydrogen) atoms. The van der Waals surface area contributed by atoms with E-state index in [2.05, 4.69) is 17.4 Å². The van der Waals surface area contributed by atoms with Crippen molar-refractivity contribution < 1.29 is 9.84 Å². The van der Waals surface area contributed by atoms with E-state index in [-0.39, 0.29) is 6.61 Å². The molecule has 0 radical (unpaired) electrons. The Hall–Kier alpha value is -1.06. The van der Waals surface area contributed by atoms with Gasteiger partial charge in [-0.25, -0.2) is 0 Å². The minimum atomic E-state index is 0.0667. The molecule has 1 aliphatic heterocycles. The lowest BCUT2D eigenvalue weighted by atomic mass is 9.91. The van der Waals surface area contributed by atoms with Gasteiger partial charge in [0.15, 0.2) is 0 Å². The third-order valence-corrected chi connectivity index (χ3v) is 3.00. The van der Waals surface area contributed by atoms with Crippen molar-refractivity contribution in [2.24, 2.45) is 0 Å². The predicted octanol–water partition coefficient (Wildman–Crippen LogP) is 1.52. The van der Waals surface area contributed by atoms with Gasteiger partial charge in [-0.05, 0) is 31.0 Å². The normalized spacial score (nSPS) is 20.7. The summed E-state index contributed by atoms with van der Waals surface area (Å²) in [7, 11) is 0. The van der Waals surface area contributed by atoms with Gasteiger partial charge in [-0.15, -0.1) is 0 Å². The average molecular weight is 221 g/mol. The Morgan fingerprint density at radius 1 is 1.38 bits per heavy atom. The van der Waals surface area contributed by atoms with E-state index in [1.54, 1.807) is 0 Å². The second kappa shape index (κ2) is 5.87. The quantitative estimate of drug-likeness (QED) is 0.810. The van der Waals surface area contributed by atoms with Crippen LogP contribution in [0.15, 0.2) is 24.3 Å². The molecule has 1 heterocycles. The molecule has 0 spiro atoms. The Labute approximate surface area is 96.4 Å². The van der Waals surface area contributed by atoms with Crippen molar-refractivity contribution in [2.45, 2.75) is 18.8 Å². The van der Waals surface area contributed by atoms with Gasteiger partial charge in [0.2, 0.25) is 0 Å². The first kappa shape index (κ1) is 11.4. The average Bonchev–Trinajstić information content (AvgIpc) is 2.38. The van der Waals surface area contributed by atoms with Crippen LogP contribution in [0.1, 0.15) is 24.3 Å². The second-order valence-corrected chi connectivity index (χ2v) is 4.15. The lowest BCUT2D eigenvalue weighted by Crippen LogP contribution is -2.28. The summed E-state index contributed by atoms with van der Waals surface area (Å²) in [6, 6.07) is 8.15. The number of benzene rings is 1. The van der Waals surface area contributed by atoms with E-state index < -0.39 is 0 Å². The zero-order valence-corrected chi connectivity index (χ0v) is 9.48. The van der Waals surface area contributed by atoms with Gasteiger partial charge in [0.05, 0.1) is 6.61 Å². The summed E-state index contributed by atoms with van der Waals surface area (Å²) in [5.74, 6) is 1.47. The van der Waals surface area contributed by atoms with E-state index in [0.717, 1.165) is 18.8 Å². The molecule has 0 bridgehead atoms. The smallest absolute Gasteiger partial charge is 0.122 e. The van der Waals surface area contributed by atoms with Crippen LogP contribution in [0.2, 0.25) is 0 Å². The van der Waals surface area contributed by atoms with Crippen LogP contribution in [0.3, 0.4) is 0 Å². The molecule has 1 aromatic carbocycles. The molecule has 1 atom stereocenters. The lowest BCUT2D eigenvalue weighted by Gasteiger charge is -2.24. The molecule has 2 N–H and O–H groups in total. The third kappa shape index (κ3) is 2.74. The van der Waals surface area contributed by atoms with E-state index >= 15 is 0 Å². The van der Waals surface area contributed by atoms with E-state index in [1.165, 1.54) is 18.4 Å². The van der Waals surface area contributed by atoms with Gasteiger partial charge in [-0.1, -0.05) is 18.2 Å². The van der Waals surface area contributed by atoms with Crippen LogP contribution in [0.5, 0.6) is 5.75 Å². The SMILES string of the molecule is OCCOc1ccccc1C1CCCNC1. The summed E-state index contributed by atoms with van der Waals surface area (Å²) in [6.07, 6.45) is 2.44. The standard InChI is InChI=1S/C13H19NO2/c15-8-9-16-13-6-2-1-5-12(13)11-4-3-7-14-10-11/h1-2,5-6,11,14-15H,3-4,7-10H2. The van der Waals surface area contributed by atoms with Crippen molar-refractivity contribution in [3.05, 3.63) is 29.8 Å². The Morgan fingerprint density at radius 3 is 3.00 bits per heavy atom. The van der Waals surface area contributed by atoms with E-state index in [9.17, 15) is 0 Å². The molecule has 3 heteroatoms. The van der Waals surface area contributed by atoms with Gasteiger partial charge in [0.1, 0.15) is 12.4 Å². The largest absolute Gasteiger partial charge is 0.491 e. The molecule has 1 fully saturated rings. The molecular formula is C13H19NO2. The fourth-order valence-electron chi connectivity index (χ4n) is 2.22. The van der Waals surface area contributed by atoms with Crippen LogP contribution in [0.25, 0.3) is 0 Å². The van der Waals surface area contributed by atoms with Crippen LogP contribution in [-0.2, 0) is 0 Å². The Morgan fingerprint density at radius 2 is 2.25 bits per heavy atom. The van der Waals surface area contributed by atoms with Gasteiger partial charge >= 0.3 is 0 Å². The summed E-state index contributed by atoms with van der Waals surface area (Å²) in [6.45, 7) is 2.59. The number of piperidine rings is 1. The molecule has 2 rings (SSSR count). The Bertz CT molecular complexity index is 321. The Kier molecular flexibility index (Phi) is 4.19. The van der Waals surface area contributed by atoms with Gasteiger partial charge < -0.3 is 15.2 Å². The van der Waals surface area contributed by atoms with E-state index in [1.807, 2.05) is 12.1 Å². The highest BCUT2D eigenvalue weighted by Gasteiger charge is 2.18. The molecule has 1 aromatic rings. The number of rotatable bonds is 4. The molecule has 1 aliphatic rings. The third-order valence-electron chi connectivity index (χ3n) is 3.00. The number of nitrogens with one attached hydrogen (secondary N) is 1. The summed E-state index contributed by atoms with van der Waals surface area (Å²) in [5, 5.41) is 12.2. The molecule has 88 valence electrons. The molecule has 0 aromatic heterocycles. The van der Waals surface area contributed by atoms with Crippen molar-refractivity contribution in [2.75, 3.05) is 26.3 Å². The summed E-state index contributed by atoms with van der Waals surface area (Å²) in [5.41, 5.74) is 1.27. The van der Waals surface area contributed by atoms with Crippen LogP contribution >= 0.6 is 0 Å². The van der Waals surface area contributed by atoms with Crippen molar-refractivity contribution in [3.63, 3.8) is 0 Å². The monoisotopic (exact) mass is 221 g/mol. The lowest BCUT2D eigenvalue weighted by molar-refractivity contribution is 0.199. The number of para-hydroxylation sites is 1. The maximum atomic E-state index is 8.79. The van der Waals surface area contributed by atoms with Gasteiger partial charge in [0, 0.05) is 12.5 Å². The molecule has 0 saturated carbocycles. The molecule has 0 amide bonds. The number of aliphatic hydroxyl groups is 1. The highest BCUT2D eigenvalue weighted by molar-refractivity contribution is 5.36. The molecule has 0 aliphatic carbocycles.